The Hall–Kier alpha value is 0.470. The van der Waals surface area contributed by atoms with Crippen molar-refractivity contribution in [2.75, 3.05) is 6.61 Å². The summed E-state index contributed by atoms with van der Waals surface area (Å²) in [6.45, 7) is 5.22. The predicted octanol–water partition coefficient (Wildman–Crippen LogP) is 10.2. The van der Waals surface area contributed by atoms with Crippen molar-refractivity contribution in [1.82, 2.24) is 0 Å². The van der Waals surface area contributed by atoms with Gasteiger partial charge in [-0.15, -0.1) is 0 Å². The van der Waals surface area contributed by atoms with E-state index in [0.29, 0.717) is 13.0 Å². The Morgan fingerprint density at radius 2 is 0.615 bits per heavy atom. The molecule has 3 heteroatoms. The van der Waals surface area contributed by atoms with Crippen LogP contribution in [0.4, 0.5) is 0 Å². The number of esters is 1. The Bertz CT molecular complexity index is 447. The molecule has 0 aliphatic carbocycles. The fourth-order valence-electron chi connectivity index (χ4n) is 5.55. The van der Waals surface area contributed by atoms with Crippen molar-refractivity contribution in [3.05, 3.63) is 0 Å². The average Bonchev–Trinajstić information content (AvgIpc) is 2.92. The van der Waals surface area contributed by atoms with Crippen LogP contribution in [0.3, 0.4) is 0 Å². The van der Waals surface area contributed by atoms with Crippen LogP contribution < -0.4 is 29.6 Å². The molecule has 0 spiro atoms. The third-order valence-electron chi connectivity index (χ3n) is 8.25. The summed E-state index contributed by atoms with van der Waals surface area (Å²) in [5.74, 6) is 0.0284. The van der Waals surface area contributed by atoms with E-state index in [1.165, 1.54) is 186 Å². The van der Waals surface area contributed by atoms with E-state index in [2.05, 4.69) is 13.8 Å². The molecule has 0 rings (SSSR count). The zero-order valence-corrected chi connectivity index (χ0v) is 29.7. The van der Waals surface area contributed by atoms with Crippen molar-refractivity contribution >= 4 is 5.97 Å². The molecule has 39 heavy (non-hydrogen) atoms. The molecule has 0 bridgehead atoms. The number of carbonyl (C=O) groups is 1. The molecule has 0 saturated carbocycles. The Morgan fingerprint density at radius 3 is 0.897 bits per heavy atom. The molecule has 230 valence electrons. The van der Waals surface area contributed by atoms with Gasteiger partial charge >= 0.3 is 35.5 Å². The summed E-state index contributed by atoms with van der Waals surface area (Å²) in [6, 6.07) is 0. The smallest absolute Gasteiger partial charge is 1.00 e. The van der Waals surface area contributed by atoms with Gasteiger partial charge in [-0.2, -0.15) is 0 Å². The second kappa shape index (κ2) is 38.5. The SMILES string of the molecule is CCCCCCCCCCCCCCCCCCOC(=O)CCCCCCCCCCCCCCCCC.[H-].[Na+]. The average molecular weight is 561 g/mol. The van der Waals surface area contributed by atoms with Crippen molar-refractivity contribution in [2.45, 2.75) is 219 Å². The Labute approximate surface area is 271 Å². The molecule has 0 aromatic carbocycles. The molecule has 0 aromatic heterocycles. The molecule has 0 heterocycles. The van der Waals surface area contributed by atoms with Crippen LogP contribution in [-0.4, -0.2) is 12.6 Å². The summed E-state index contributed by atoms with van der Waals surface area (Å²) in [5, 5.41) is 0. The van der Waals surface area contributed by atoms with Crippen LogP contribution in [0.1, 0.15) is 221 Å². The molecular weight excluding hydrogens is 487 g/mol. The van der Waals surface area contributed by atoms with Crippen LogP contribution in [0.5, 0.6) is 0 Å². The maximum absolute atomic E-state index is 11.9. The van der Waals surface area contributed by atoms with Crippen LogP contribution in [0.15, 0.2) is 0 Å². The summed E-state index contributed by atoms with van der Waals surface area (Å²) in [7, 11) is 0. The van der Waals surface area contributed by atoms with Gasteiger partial charge in [-0.3, -0.25) is 4.79 Å². The van der Waals surface area contributed by atoms with Crippen LogP contribution in [0, 0.1) is 0 Å². The van der Waals surface area contributed by atoms with E-state index in [1.54, 1.807) is 0 Å². The van der Waals surface area contributed by atoms with Gasteiger partial charge in [0.2, 0.25) is 0 Å². The van der Waals surface area contributed by atoms with Gasteiger partial charge in [-0.1, -0.05) is 200 Å². The molecule has 0 aliphatic heterocycles. The minimum absolute atomic E-state index is 0. The van der Waals surface area contributed by atoms with Gasteiger partial charge in [-0.05, 0) is 12.8 Å². The van der Waals surface area contributed by atoms with Crippen molar-refractivity contribution in [1.29, 1.82) is 0 Å². The van der Waals surface area contributed by atoms with Crippen LogP contribution >= 0.6 is 0 Å². The van der Waals surface area contributed by atoms with E-state index in [0.717, 1.165) is 12.8 Å². The van der Waals surface area contributed by atoms with Gasteiger partial charge in [0, 0.05) is 6.42 Å². The first-order valence-corrected chi connectivity index (χ1v) is 18.0. The molecule has 0 aromatic rings. The maximum atomic E-state index is 11.9. The summed E-state index contributed by atoms with van der Waals surface area (Å²) in [5.41, 5.74) is 0. The summed E-state index contributed by atoms with van der Waals surface area (Å²) < 4.78 is 5.44. The molecule has 0 radical (unpaired) electrons. The Morgan fingerprint density at radius 1 is 0.385 bits per heavy atom. The molecule has 0 unspecified atom stereocenters. The largest absolute Gasteiger partial charge is 1.00 e. The van der Waals surface area contributed by atoms with E-state index in [1.807, 2.05) is 0 Å². The van der Waals surface area contributed by atoms with Gasteiger partial charge < -0.3 is 6.16 Å². The van der Waals surface area contributed by atoms with Gasteiger partial charge in [0.05, 0.1) is 6.61 Å². The molecule has 0 N–H and O–H groups in total. The standard InChI is InChI=1S/C36H72O2.Na.H/c1-3-5-7-9-11-13-15-17-19-21-23-25-27-29-31-33-35-38-36(37)34-32-30-28-26-24-22-20-18-16-14-12-10-8-6-4-2;;/h3-35H2,1-2H3;;/q;+1;-1. The minimum Gasteiger partial charge on any atom is -1.00 e. The first-order chi connectivity index (χ1) is 18.8. The first-order valence-electron chi connectivity index (χ1n) is 18.0. The number of hydrogen-bond acceptors (Lipinski definition) is 2. The zero-order valence-electron chi connectivity index (χ0n) is 28.7. The van der Waals surface area contributed by atoms with Gasteiger partial charge in [0.15, 0.2) is 0 Å². The van der Waals surface area contributed by atoms with Crippen molar-refractivity contribution in [3.63, 3.8) is 0 Å². The van der Waals surface area contributed by atoms with Crippen LogP contribution in [0.25, 0.3) is 0 Å². The summed E-state index contributed by atoms with van der Waals surface area (Å²) in [6.07, 6.45) is 43.1. The van der Waals surface area contributed by atoms with Gasteiger partial charge in [0.25, 0.3) is 0 Å². The normalized spacial score (nSPS) is 11.0. The van der Waals surface area contributed by atoms with E-state index in [9.17, 15) is 4.79 Å². The minimum atomic E-state index is 0. The molecule has 0 saturated heterocycles. The Kier molecular flexibility index (Phi) is 41.0. The quantitative estimate of drug-likeness (QED) is 0.0453. The first kappa shape index (κ1) is 41.6. The van der Waals surface area contributed by atoms with E-state index < -0.39 is 0 Å². The number of unbranched alkanes of at least 4 members (excludes halogenated alkanes) is 29. The second-order valence-corrected chi connectivity index (χ2v) is 12.2. The molecule has 0 aliphatic rings. The fraction of sp³-hybridized carbons (Fsp3) is 0.972. The third-order valence-corrected chi connectivity index (χ3v) is 8.25. The van der Waals surface area contributed by atoms with Gasteiger partial charge in [-0.25, -0.2) is 0 Å². The van der Waals surface area contributed by atoms with Crippen LogP contribution in [0.2, 0.25) is 0 Å². The van der Waals surface area contributed by atoms with E-state index in [-0.39, 0.29) is 37.0 Å². The predicted molar refractivity (Wildman–Crippen MR) is 171 cm³/mol. The van der Waals surface area contributed by atoms with Crippen molar-refractivity contribution in [2.24, 2.45) is 0 Å². The van der Waals surface area contributed by atoms with Gasteiger partial charge in [0.1, 0.15) is 0 Å². The number of rotatable bonds is 33. The Balaban J connectivity index is -0.00000684. The molecule has 2 nitrogen and oxygen atoms in total. The summed E-state index contributed by atoms with van der Waals surface area (Å²) >= 11 is 0. The number of hydrogen-bond donors (Lipinski definition) is 0. The zero-order chi connectivity index (χ0) is 27.6. The molecule has 0 atom stereocenters. The molecule has 0 fully saturated rings. The molecule has 0 amide bonds. The monoisotopic (exact) mass is 561 g/mol. The van der Waals surface area contributed by atoms with E-state index in [4.69, 9.17) is 4.74 Å². The molecular formula is C36H73NaO2. The fourth-order valence-corrected chi connectivity index (χ4v) is 5.55. The number of ether oxygens (including phenoxy) is 1. The van der Waals surface area contributed by atoms with E-state index >= 15 is 0 Å². The maximum Gasteiger partial charge on any atom is 1.00 e. The van der Waals surface area contributed by atoms with Crippen LogP contribution in [-0.2, 0) is 9.53 Å². The summed E-state index contributed by atoms with van der Waals surface area (Å²) in [4.78, 5) is 11.9. The number of carbonyl (C=O) groups excluding carboxylic acids is 1. The van der Waals surface area contributed by atoms with Crippen molar-refractivity contribution in [3.8, 4) is 0 Å². The second-order valence-electron chi connectivity index (χ2n) is 12.2. The van der Waals surface area contributed by atoms with Crippen molar-refractivity contribution < 1.29 is 40.5 Å². The topological polar surface area (TPSA) is 26.3 Å². The third kappa shape index (κ3) is 38.5.